The van der Waals surface area contributed by atoms with Crippen molar-refractivity contribution in [3.63, 3.8) is 0 Å². The van der Waals surface area contributed by atoms with E-state index in [1.54, 1.807) is 18.2 Å². The van der Waals surface area contributed by atoms with Gasteiger partial charge in [-0.3, -0.25) is 14.4 Å². The largest absolute Gasteiger partial charge is 0.481 e. The van der Waals surface area contributed by atoms with Gasteiger partial charge < -0.3 is 15.7 Å². The van der Waals surface area contributed by atoms with E-state index in [-0.39, 0.29) is 24.7 Å². The highest BCUT2D eigenvalue weighted by atomic mass is 16.4. The van der Waals surface area contributed by atoms with Gasteiger partial charge in [0.05, 0.1) is 0 Å². The molecule has 3 N–H and O–H groups in total. The van der Waals surface area contributed by atoms with Crippen LogP contribution in [0.5, 0.6) is 0 Å². The second-order valence-corrected chi connectivity index (χ2v) is 4.51. The fourth-order valence-corrected chi connectivity index (χ4v) is 1.65. The lowest BCUT2D eigenvalue weighted by molar-refractivity contribution is -0.137. The van der Waals surface area contributed by atoms with Gasteiger partial charge in [-0.05, 0) is 31.0 Å². The number of carbonyl (C=O) groups is 3. The van der Waals surface area contributed by atoms with E-state index < -0.39 is 5.97 Å². The van der Waals surface area contributed by atoms with Gasteiger partial charge in [0.25, 0.3) is 0 Å². The maximum atomic E-state index is 11.7. The molecule has 0 heterocycles. The lowest BCUT2D eigenvalue weighted by Gasteiger charge is -2.10. The van der Waals surface area contributed by atoms with Crippen molar-refractivity contribution in [3.05, 3.63) is 23.8 Å². The second kappa shape index (κ2) is 7.28. The van der Waals surface area contributed by atoms with Crippen molar-refractivity contribution in [2.24, 2.45) is 0 Å². The van der Waals surface area contributed by atoms with Gasteiger partial charge in [-0.25, -0.2) is 0 Å². The third-order valence-corrected chi connectivity index (χ3v) is 2.63. The Hall–Kier alpha value is -2.37. The van der Waals surface area contributed by atoms with Crippen LogP contribution in [0.3, 0.4) is 0 Å². The first-order valence-corrected chi connectivity index (χ1v) is 6.28. The van der Waals surface area contributed by atoms with Crippen LogP contribution in [0.1, 0.15) is 31.7 Å². The number of rotatable bonds is 6. The predicted octanol–water partition coefficient (Wildman–Crippen LogP) is 2.15. The van der Waals surface area contributed by atoms with Crippen LogP contribution in [0.4, 0.5) is 11.4 Å². The lowest BCUT2D eigenvalue weighted by atomic mass is 10.1. The molecule has 0 saturated carbocycles. The molecule has 2 amide bonds. The van der Waals surface area contributed by atoms with Crippen LogP contribution in [0, 0.1) is 6.92 Å². The number of aliphatic carboxylic acids is 1. The summed E-state index contributed by atoms with van der Waals surface area (Å²) in [5.41, 5.74) is 2.08. The molecule has 0 radical (unpaired) electrons. The number of carboxylic acid groups (broad SMARTS) is 1. The van der Waals surface area contributed by atoms with Crippen LogP contribution < -0.4 is 10.6 Å². The summed E-state index contributed by atoms with van der Waals surface area (Å²) in [6.45, 7) is 3.24. The summed E-state index contributed by atoms with van der Waals surface area (Å²) in [6.07, 6.45) is 0.417. The Morgan fingerprint density at radius 3 is 2.45 bits per heavy atom. The number of aryl methyl sites for hydroxylation is 1. The number of benzene rings is 1. The summed E-state index contributed by atoms with van der Waals surface area (Å²) in [7, 11) is 0. The van der Waals surface area contributed by atoms with E-state index >= 15 is 0 Å². The van der Waals surface area contributed by atoms with Crippen molar-refractivity contribution in [1.29, 1.82) is 0 Å². The van der Waals surface area contributed by atoms with Crippen molar-refractivity contribution in [1.82, 2.24) is 0 Å². The normalized spacial score (nSPS) is 9.90. The van der Waals surface area contributed by atoms with Crippen molar-refractivity contribution in [2.75, 3.05) is 10.6 Å². The van der Waals surface area contributed by atoms with Crippen molar-refractivity contribution in [3.8, 4) is 0 Å². The molecule has 6 nitrogen and oxygen atoms in total. The van der Waals surface area contributed by atoms with Crippen molar-refractivity contribution >= 4 is 29.2 Å². The van der Waals surface area contributed by atoms with Crippen LogP contribution in [-0.2, 0) is 14.4 Å². The minimum Gasteiger partial charge on any atom is -0.481 e. The summed E-state index contributed by atoms with van der Waals surface area (Å²) in [5, 5.41) is 13.9. The van der Waals surface area contributed by atoms with Crippen LogP contribution in [0.25, 0.3) is 0 Å². The summed E-state index contributed by atoms with van der Waals surface area (Å²) >= 11 is 0. The Kier molecular flexibility index (Phi) is 5.71. The molecule has 0 unspecified atom stereocenters. The van der Waals surface area contributed by atoms with E-state index in [9.17, 15) is 14.4 Å². The van der Waals surface area contributed by atoms with Crippen LogP contribution in [0.2, 0.25) is 0 Å². The predicted molar refractivity (Wildman–Crippen MR) is 75.6 cm³/mol. The first kappa shape index (κ1) is 15.7. The van der Waals surface area contributed by atoms with E-state index in [0.717, 1.165) is 5.56 Å². The summed E-state index contributed by atoms with van der Waals surface area (Å²) < 4.78 is 0. The highest BCUT2D eigenvalue weighted by molar-refractivity contribution is 5.94. The molecule has 6 heteroatoms. The molecule has 0 aliphatic heterocycles. The fraction of sp³-hybridized carbons (Fsp3) is 0.357. The minimum absolute atomic E-state index is 0.0294. The molecule has 0 bridgehead atoms. The minimum atomic E-state index is -0.915. The number of nitrogens with one attached hydrogen (secondary N) is 2. The molecule has 1 aromatic rings. The molecule has 0 atom stereocenters. The zero-order valence-corrected chi connectivity index (χ0v) is 11.5. The quantitative estimate of drug-likeness (QED) is 0.743. The molecule has 0 aliphatic rings. The highest BCUT2D eigenvalue weighted by Gasteiger charge is 2.07. The van der Waals surface area contributed by atoms with E-state index in [1.165, 1.54) is 6.92 Å². The van der Waals surface area contributed by atoms with Crippen LogP contribution in [-0.4, -0.2) is 22.9 Å². The van der Waals surface area contributed by atoms with Gasteiger partial charge in [0.2, 0.25) is 11.8 Å². The smallest absolute Gasteiger partial charge is 0.303 e. The van der Waals surface area contributed by atoms with Gasteiger partial charge in [-0.15, -0.1) is 0 Å². The zero-order valence-electron chi connectivity index (χ0n) is 11.5. The molecule has 0 aromatic heterocycles. The molecule has 0 saturated heterocycles. The summed E-state index contributed by atoms with van der Waals surface area (Å²) in [5.74, 6) is -1.34. The molecule has 0 fully saturated rings. The molecular formula is C14H18N2O4. The number of carboxylic acids is 1. The molecular weight excluding hydrogens is 260 g/mol. The molecule has 20 heavy (non-hydrogen) atoms. The van der Waals surface area contributed by atoms with Gasteiger partial charge in [-0.2, -0.15) is 0 Å². The van der Waals surface area contributed by atoms with Gasteiger partial charge in [0.15, 0.2) is 0 Å². The topological polar surface area (TPSA) is 95.5 Å². The summed E-state index contributed by atoms with van der Waals surface area (Å²) in [6, 6.07) is 5.21. The molecule has 0 aliphatic carbocycles. The maximum absolute atomic E-state index is 11.7. The van der Waals surface area contributed by atoms with Gasteiger partial charge >= 0.3 is 5.97 Å². The number of hydrogen-bond donors (Lipinski definition) is 3. The highest BCUT2D eigenvalue weighted by Crippen LogP contribution is 2.20. The van der Waals surface area contributed by atoms with Gasteiger partial charge in [0, 0.05) is 31.1 Å². The monoisotopic (exact) mass is 278 g/mol. The lowest BCUT2D eigenvalue weighted by Crippen LogP contribution is -2.13. The Morgan fingerprint density at radius 1 is 1.15 bits per heavy atom. The van der Waals surface area contributed by atoms with E-state index in [1.807, 2.05) is 6.92 Å². The third kappa shape index (κ3) is 5.51. The molecule has 1 rings (SSSR count). The first-order chi connectivity index (χ1) is 9.38. The van der Waals surface area contributed by atoms with E-state index in [4.69, 9.17) is 5.11 Å². The number of anilines is 2. The average Bonchev–Trinajstić information content (AvgIpc) is 2.32. The Morgan fingerprint density at radius 2 is 1.85 bits per heavy atom. The van der Waals surface area contributed by atoms with E-state index in [0.29, 0.717) is 17.8 Å². The van der Waals surface area contributed by atoms with Crippen LogP contribution in [0.15, 0.2) is 18.2 Å². The average molecular weight is 278 g/mol. The number of amides is 2. The second-order valence-electron chi connectivity index (χ2n) is 4.51. The standard InChI is InChI=1S/C14H18N2O4/c1-9-6-7-11(15-10(2)17)8-12(9)16-13(18)4-3-5-14(19)20/h6-8H,3-5H2,1-2H3,(H,15,17)(H,16,18)(H,19,20). The van der Waals surface area contributed by atoms with Crippen molar-refractivity contribution in [2.45, 2.75) is 33.1 Å². The Labute approximate surface area is 117 Å². The van der Waals surface area contributed by atoms with E-state index in [2.05, 4.69) is 10.6 Å². The fourth-order valence-electron chi connectivity index (χ4n) is 1.65. The van der Waals surface area contributed by atoms with Gasteiger partial charge in [-0.1, -0.05) is 6.07 Å². The molecule has 108 valence electrons. The molecule has 1 aromatic carbocycles. The molecule has 0 spiro atoms. The SMILES string of the molecule is CC(=O)Nc1ccc(C)c(NC(=O)CCCC(=O)O)c1. The summed E-state index contributed by atoms with van der Waals surface area (Å²) in [4.78, 5) is 33.0. The van der Waals surface area contributed by atoms with Crippen LogP contribution >= 0.6 is 0 Å². The number of carbonyl (C=O) groups excluding carboxylic acids is 2. The van der Waals surface area contributed by atoms with Crippen molar-refractivity contribution < 1.29 is 19.5 Å². The third-order valence-electron chi connectivity index (χ3n) is 2.63. The Bertz CT molecular complexity index is 526. The first-order valence-electron chi connectivity index (χ1n) is 6.28. The maximum Gasteiger partial charge on any atom is 0.303 e. The Balaban J connectivity index is 2.63. The zero-order chi connectivity index (χ0) is 15.1. The van der Waals surface area contributed by atoms with Gasteiger partial charge in [0.1, 0.15) is 0 Å². The number of hydrogen-bond acceptors (Lipinski definition) is 3.